The first kappa shape index (κ1) is 28.7. The van der Waals surface area contributed by atoms with Gasteiger partial charge in [-0.15, -0.1) is 0 Å². The molecule has 194 valence electrons. The summed E-state index contributed by atoms with van der Waals surface area (Å²) >= 11 is 0. The highest BCUT2D eigenvalue weighted by molar-refractivity contribution is 5.91. The molecule has 35 heavy (non-hydrogen) atoms. The largest absolute Gasteiger partial charge is 0.494 e. The maximum absolute atomic E-state index is 12.5. The van der Waals surface area contributed by atoms with Gasteiger partial charge < -0.3 is 15.2 Å². The molecule has 0 aliphatic carbocycles. The van der Waals surface area contributed by atoms with Crippen LogP contribution in [0.5, 0.6) is 5.75 Å². The van der Waals surface area contributed by atoms with Gasteiger partial charge in [0.05, 0.1) is 19.8 Å². The van der Waals surface area contributed by atoms with Gasteiger partial charge >= 0.3 is 6.03 Å². The van der Waals surface area contributed by atoms with Crippen LogP contribution in [0.2, 0.25) is 0 Å². The minimum absolute atomic E-state index is 0.0549. The van der Waals surface area contributed by atoms with Crippen molar-refractivity contribution in [3.63, 3.8) is 0 Å². The van der Waals surface area contributed by atoms with E-state index in [4.69, 9.17) is 4.74 Å². The molecule has 2 amide bonds. The van der Waals surface area contributed by atoms with Crippen LogP contribution >= 0.6 is 0 Å². The molecule has 0 fully saturated rings. The maximum atomic E-state index is 12.5. The lowest BCUT2D eigenvalue weighted by atomic mass is 10.1. The molecule has 0 unspecified atom stereocenters. The molecule has 2 aromatic rings. The quantitative estimate of drug-likeness (QED) is 0.215. The summed E-state index contributed by atoms with van der Waals surface area (Å²) in [5.41, 5.74) is 2.54. The lowest BCUT2D eigenvalue weighted by Gasteiger charge is -2.23. The molecule has 2 N–H and O–H groups in total. The van der Waals surface area contributed by atoms with Gasteiger partial charge in [-0.05, 0) is 41.8 Å². The second-order valence-electron chi connectivity index (χ2n) is 9.35. The summed E-state index contributed by atoms with van der Waals surface area (Å²) in [6.07, 6.45) is 16.1. The number of benzene rings is 2. The van der Waals surface area contributed by atoms with Gasteiger partial charge in [0.1, 0.15) is 5.75 Å². The van der Waals surface area contributed by atoms with Crippen LogP contribution in [0.4, 0.5) is 10.5 Å². The van der Waals surface area contributed by atoms with Crippen LogP contribution < -0.4 is 15.0 Å². The predicted molar refractivity (Wildman–Crippen MR) is 146 cm³/mol. The number of aliphatic hydroxyl groups is 1. The van der Waals surface area contributed by atoms with Crippen molar-refractivity contribution >= 4 is 11.7 Å². The number of amides is 2. The van der Waals surface area contributed by atoms with Crippen LogP contribution in [0.1, 0.15) is 95.1 Å². The van der Waals surface area contributed by atoms with E-state index in [-0.39, 0.29) is 12.6 Å². The molecule has 0 saturated carbocycles. The van der Waals surface area contributed by atoms with E-state index in [1.54, 1.807) is 11.9 Å². The first-order valence-electron chi connectivity index (χ1n) is 13.6. The summed E-state index contributed by atoms with van der Waals surface area (Å²) in [5, 5.41) is 12.1. The van der Waals surface area contributed by atoms with E-state index in [2.05, 4.69) is 12.2 Å². The highest BCUT2D eigenvalue weighted by Gasteiger charge is 2.15. The van der Waals surface area contributed by atoms with E-state index in [1.165, 1.54) is 70.6 Å². The molecular formula is C30H46N2O3. The first-order valence-corrected chi connectivity index (χ1v) is 13.6. The third-order valence-corrected chi connectivity index (χ3v) is 6.39. The number of carbonyl (C=O) groups is 1. The summed E-state index contributed by atoms with van der Waals surface area (Å²) in [5.74, 6) is 0.866. The smallest absolute Gasteiger partial charge is 0.321 e. The number of rotatable bonds is 18. The Labute approximate surface area is 212 Å². The number of anilines is 1. The van der Waals surface area contributed by atoms with Crippen molar-refractivity contribution in [3.05, 3.63) is 59.7 Å². The number of urea groups is 1. The van der Waals surface area contributed by atoms with E-state index in [9.17, 15) is 9.90 Å². The summed E-state index contributed by atoms with van der Waals surface area (Å²) in [7, 11) is 1.62. The number of aliphatic hydroxyl groups excluding tert-OH is 1. The van der Waals surface area contributed by atoms with Gasteiger partial charge in [-0.3, -0.25) is 4.90 Å². The molecule has 0 heterocycles. The summed E-state index contributed by atoms with van der Waals surface area (Å²) in [6, 6.07) is 15.2. The zero-order valence-corrected chi connectivity index (χ0v) is 21.9. The minimum atomic E-state index is -0.188. The molecule has 2 aromatic carbocycles. The van der Waals surface area contributed by atoms with Crippen LogP contribution in [-0.4, -0.2) is 24.8 Å². The van der Waals surface area contributed by atoms with Gasteiger partial charge in [0.25, 0.3) is 0 Å². The molecule has 0 aliphatic rings. The molecule has 0 saturated heterocycles. The number of hydrogen-bond donors (Lipinski definition) is 2. The normalized spacial score (nSPS) is 10.8. The monoisotopic (exact) mass is 482 g/mol. The van der Waals surface area contributed by atoms with E-state index in [1.807, 2.05) is 48.5 Å². The predicted octanol–water partition coefficient (Wildman–Crippen LogP) is 7.60. The molecule has 0 bridgehead atoms. The van der Waals surface area contributed by atoms with Crippen molar-refractivity contribution in [2.45, 2.75) is 97.1 Å². The minimum Gasteiger partial charge on any atom is -0.494 e. The average Bonchev–Trinajstić information content (AvgIpc) is 2.90. The number of unbranched alkanes of at least 4 members (excludes halogenated alkanes) is 11. The Morgan fingerprint density at radius 3 is 2.00 bits per heavy atom. The van der Waals surface area contributed by atoms with Crippen LogP contribution in [-0.2, 0) is 13.2 Å². The summed E-state index contributed by atoms with van der Waals surface area (Å²) in [6.45, 7) is 3.40. The Morgan fingerprint density at radius 1 is 0.829 bits per heavy atom. The van der Waals surface area contributed by atoms with Gasteiger partial charge in [0, 0.05) is 12.7 Å². The standard InChI is InChI=1S/C30H46N2O3/c1-3-4-5-6-7-8-9-10-11-12-13-14-22-35-29-20-18-26(19-21-29)24-32(30(34)31-2)28-17-15-16-27(23-28)25-33/h15-21,23,33H,3-14,22,24-25H2,1-2H3,(H,31,34). The van der Waals surface area contributed by atoms with Gasteiger partial charge in [-0.2, -0.15) is 0 Å². The lowest BCUT2D eigenvalue weighted by Crippen LogP contribution is -2.37. The van der Waals surface area contributed by atoms with E-state index in [0.717, 1.165) is 35.6 Å². The second-order valence-corrected chi connectivity index (χ2v) is 9.35. The number of nitrogens with one attached hydrogen (secondary N) is 1. The summed E-state index contributed by atoms with van der Waals surface area (Å²) in [4.78, 5) is 14.1. The fourth-order valence-electron chi connectivity index (χ4n) is 4.24. The van der Waals surface area contributed by atoms with E-state index >= 15 is 0 Å². The van der Waals surface area contributed by atoms with Crippen LogP contribution in [0.15, 0.2) is 48.5 Å². The van der Waals surface area contributed by atoms with Crippen molar-refractivity contribution in [1.29, 1.82) is 0 Å². The molecular weight excluding hydrogens is 436 g/mol. The number of nitrogens with zero attached hydrogens (tertiary/aromatic N) is 1. The lowest BCUT2D eigenvalue weighted by molar-refractivity contribution is 0.248. The molecule has 5 nitrogen and oxygen atoms in total. The summed E-state index contributed by atoms with van der Waals surface area (Å²) < 4.78 is 5.92. The molecule has 0 aromatic heterocycles. The van der Waals surface area contributed by atoms with Crippen molar-refractivity contribution in [2.24, 2.45) is 0 Å². The highest BCUT2D eigenvalue weighted by Crippen LogP contribution is 2.21. The van der Waals surface area contributed by atoms with Crippen molar-refractivity contribution in [3.8, 4) is 5.75 Å². The van der Waals surface area contributed by atoms with E-state index in [0.29, 0.717) is 6.54 Å². The zero-order valence-electron chi connectivity index (χ0n) is 21.9. The van der Waals surface area contributed by atoms with Crippen molar-refractivity contribution < 1.29 is 14.6 Å². The van der Waals surface area contributed by atoms with Gasteiger partial charge in [0.15, 0.2) is 0 Å². The Kier molecular flexibility index (Phi) is 14.6. The molecule has 0 spiro atoms. The Morgan fingerprint density at radius 2 is 1.43 bits per heavy atom. The van der Waals surface area contributed by atoms with Crippen LogP contribution in [0.3, 0.4) is 0 Å². The third kappa shape index (κ3) is 11.6. The highest BCUT2D eigenvalue weighted by atomic mass is 16.5. The maximum Gasteiger partial charge on any atom is 0.321 e. The SMILES string of the molecule is CCCCCCCCCCCCCCOc1ccc(CN(C(=O)NC)c2cccc(CO)c2)cc1. The molecule has 2 rings (SSSR count). The molecule has 0 atom stereocenters. The van der Waals surface area contributed by atoms with E-state index < -0.39 is 0 Å². The van der Waals surface area contributed by atoms with Crippen LogP contribution in [0.25, 0.3) is 0 Å². The Bertz CT molecular complexity index is 823. The Hall–Kier alpha value is -2.53. The molecule has 5 heteroatoms. The number of hydrogen-bond acceptors (Lipinski definition) is 3. The second kappa shape index (κ2) is 17.8. The van der Waals surface area contributed by atoms with Crippen LogP contribution in [0, 0.1) is 0 Å². The first-order chi connectivity index (χ1) is 17.2. The topological polar surface area (TPSA) is 61.8 Å². The third-order valence-electron chi connectivity index (χ3n) is 6.39. The number of ether oxygens (including phenoxy) is 1. The Balaban J connectivity index is 1.65. The average molecular weight is 483 g/mol. The molecule has 0 aliphatic heterocycles. The van der Waals surface area contributed by atoms with Gasteiger partial charge in [0.2, 0.25) is 0 Å². The zero-order chi connectivity index (χ0) is 25.1. The van der Waals surface area contributed by atoms with Crippen molar-refractivity contribution in [2.75, 3.05) is 18.6 Å². The molecule has 0 radical (unpaired) electrons. The number of carbonyl (C=O) groups excluding carboxylic acids is 1. The fourth-order valence-corrected chi connectivity index (χ4v) is 4.24. The van der Waals surface area contributed by atoms with Crippen molar-refractivity contribution in [1.82, 2.24) is 5.32 Å². The van der Waals surface area contributed by atoms with Gasteiger partial charge in [-0.1, -0.05) is 102 Å². The fraction of sp³-hybridized carbons (Fsp3) is 0.567. The van der Waals surface area contributed by atoms with Gasteiger partial charge in [-0.25, -0.2) is 4.79 Å².